The van der Waals surface area contributed by atoms with Gasteiger partial charge in [-0.25, -0.2) is 0 Å². The zero-order valence-electron chi connectivity index (χ0n) is 13.5. The Balaban J connectivity index is 1.58. The van der Waals surface area contributed by atoms with Gasteiger partial charge in [-0.15, -0.1) is 0 Å². The van der Waals surface area contributed by atoms with Crippen molar-refractivity contribution in [3.05, 3.63) is 35.9 Å². The van der Waals surface area contributed by atoms with Gasteiger partial charge in [-0.1, -0.05) is 37.3 Å². The normalized spacial score (nSPS) is 32.2. The molecule has 1 aromatic rings. The first kappa shape index (κ1) is 15.0. The Kier molecular flexibility index (Phi) is 4.94. The molecule has 21 heavy (non-hydrogen) atoms. The molecule has 2 aliphatic heterocycles. The van der Waals surface area contributed by atoms with Gasteiger partial charge in [0.05, 0.1) is 0 Å². The second-order valence-electron chi connectivity index (χ2n) is 6.93. The highest BCUT2D eigenvalue weighted by Gasteiger charge is 2.32. The lowest BCUT2D eigenvalue weighted by atomic mass is 9.91. The summed E-state index contributed by atoms with van der Waals surface area (Å²) in [6.07, 6.45) is 2.48. The zero-order valence-corrected chi connectivity index (χ0v) is 13.5. The number of hydrogen-bond acceptors (Lipinski definition) is 3. The molecule has 2 saturated heterocycles. The van der Waals surface area contributed by atoms with Crippen molar-refractivity contribution in [1.29, 1.82) is 0 Å². The van der Waals surface area contributed by atoms with Gasteiger partial charge in [0.2, 0.25) is 0 Å². The number of benzene rings is 1. The predicted octanol–water partition coefficient (Wildman–Crippen LogP) is 1.84. The number of nitrogens with one attached hydrogen (secondary N) is 1. The average Bonchev–Trinajstić information content (AvgIpc) is 2.48. The van der Waals surface area contributed by atoms with Gasteiger partial charge >= 0.3 is 0 Å². The van der Waals surface area contributed by atoms with Crippen LogP contribution in [0.3, 0.4) is 0 Å². The third-order valence-electron chi connectivity index (χ3n) is 5.14. The fourth-order valence-corrected chi connectivity index (χ4v) is 4.07. The first-order chi connectivity index (χ1) is 10.2. The van der Waals surface area contributed by atoms with Crippen molar-refractivity contribution in [3.8, 4) is 0 Å². The predicted molar refractivity (Wildman–Crippen MR) is 88.6 cm³/mol. The second-order valence-corrected chi connectivity index (χ2v) is 6.93. The SMILES string of the molecule is CC1CN(C)CCC1N1CCNC(Cc2ccccc2)C1. The monoisotopic (exact) mass is 287 g/mol. The van der Waals surface area contributed by atoms with Gasteiger partial charge in [-0.3, -0.25) is 4.90 Å². The number of nitrogens with zero attached hydrogens (tertiary/aromatic N) is 2. The molecule has 3 unspecified atom stereocenters. The van der Waals surface area contributed by atoms with E-state index >= 15 is 0 Å². The van der Waals surface area contributed by atoms with Crippen LogP contribution >= 0.6 is 0 Å². The van der Waals surface area contributed by atoms with Crippen molar-refractivity contribution >= 4 is 0 Å². The standard InChI is InChI=1S/C18H29N3/c1-15-13-20(2)10-8-18(15)21-11-9-19-17(14-21)12-16-6-4-3-5-7-16/h3-7,15,17-19H,8-14H2,1-2H3. The van der Waals surface area contributed by atoms with E-state index in [9.17, 15) is 0 Å². The molecule has 3 rings (SSSR count). The minimum atomic E-state index is 0.605. The van der Waals surface area contributed by atoms with Gasteiger partial charge in [0.1, 0.15) is 0 Å². The molecule has 3 atom stereocenters. The van der Waals surface area contributed by atoms with E-state index in [1.54, 1.807) is 0 Å². The second kappa shape index (κ2) is 6.91. The van der Waals surface area contributed by atoms with E-state index < -0.39 is 0 Å². The number of piperazine rings is 1. The first-order valence-corrected chi connectivity index (χ1v) is 8.42. The van der Waals surface area contributed by atoms with Crippen molar-refractivity contribution in [3.63, 3.8) is 0 Å². The number of rotatable bonds is 3. The Bertz CT molecular complexity index is 433. The van der Waals surface area contributed by atoms with E-state index in [-0.39, 0.29) is 0 Å². The van der Waals surface area contributed by atoms with E-state index in [0.717, 1.165) is 24.9 Å². The fourth-order valence-electron chi connectivity index (χ4n) is 4.07. The quantitative estimate of drug-likeness (QED) is 0.915. The van der Waals surface area contributed by atoms with Crippen molar-refractivity contribution in [1.82, 2.24) is 15.1 Å². The number of hydrogen-bond donors (Lipinski definition) is 1. The summed E-state index contributed by atoms with van der Waals surface area (Å²) in [6, 6.07) is 12.3. The van der Waals surface area contributed by atoms with Crippen LogP contribution in [0.15, 0.2) is 30.3 Å². The number of piperidine rings is 1. The maximum atomic E-state index is 3.71. The van der Waals surface area contributed by atoms with Crippen LogP contribution in [-0.4, -0.2) is 61.7 Å². The van der Waals surface area contributed by atoms with Crippen molar-refractivity contribution in [2.45, 2.75) is 31.8 Å². The summed E-state index contributed by atoms with van der Waals surface area (Å²) >= 11 is 0. The summed E-state index contributed by atoms with van der Waals surface area (Å²) in [6.45, 7) is 8.48. The molecule has 0 aromatic heterocycles. The Morgan fingerprint density at radius 2 is 1.95 bits per heavy atom. The molecule has 2 fully saturated rings. The highest BCUT2D eigenvalue weighted by atomic mass is 15.2. The molecule has 0 spiro atoms. The minimum absolute atomic E-state index is 0.605. The summed E-state index contributed by atoms with van der Waals surface area (Å²) in [5.74, 6) is 0.791. The fraction of sp³-hybridized carbons (Fsp3) is 0.667. The molecule has 3 nitrogen and oxygen atoms in total. The molecule has 0 amide bonds. The van der Waals surface area contributed by atoms with Crippen LogP contribution in [0.25, 0.3) is 0 Å². The van der Waals surface area contributed by atoms with Crippen molar-refractivity contribution in [2.75, 3.05) is 39.8 Å². The van der Waals surface area contributed by atoms with Crippen molar-refractivity contribution in [2.24, 2.45) is 5.92 Å². The maximum Gasteiger partial charge on any atom is 0.0236 e. The van der Waals surface area contributed by atoms with Gasteiger partial charge < -0.3 is 10.2 Å². The zero-order chi connectivity index (χ0) is 14.7. The molecule has 0 saturated carbocycles. The van der Waals surface area contributed by atoms with Gasteiger partial charge in [-0.2, -0.15) is 0 Å². The van der Waals surface area contributed by atoms with Crippen LogP contribution in [0.1, 0.15) is 18.9 Å². The summed E-state index contributed by atoms with van der Waals surface area (Å²) in [7, 11) is 2.25. The molecule has 2 heterocycles. The Morgan fingerprint density at radius 3 is 2.71 bits per heavy atom. The third-order valence-corrected chi connectivity index (χ3v) is 5.14. The average molecular weight is 287 g/mol. The largest absolute Gasteiger partial charge is 0.311 e. The van der Waals surface area contributed by atoms with Gasteiger partial charge in [-0.05, 0) is 37.9 Å². The lowest BCUT2D eigenvalue weighted by molar-refractivity contribution is 0.0541. The summed E-state index contributed by atoms with van der Waals surface area (Å²) in [4.78, 5) is 5.23. The lowest BCUT2D eigenvalue weighted by Gasteiger charge is -2.45. The van der Waals surface area contributed by atoms with E-state index in [2.05, 4.69) is 59.4 Å². The molecule has 1 aromatic carbocycles. The summed E-state index contributed by atoms with van der Waals surface area (Å²) < 4.78 is 0. The molecule has 0 radical (unpaired) electrons. The van der Waals surface area contributed by atoms with E-state index in [1.807, 2.05) is 0 Å². The van der Waals surface area contributed by atoms with Crippen LogP contribution in [0.2, 0.25) is 0 Å². The van der Waals surface area contributed by atoms with Crippen LogP contribution in [0.4, 0.5) is 0 Å². The molecular formula is C18H29N3. The molecule has 3 heteroatoms. The smallest absolute Gasteiger partial charge is 0.0236 e. The summed E-state index contributed by atoms with van der Waals surface area (Å²) in [5.41, 5.74) is 1.45. The van der Waals surface area contributed by atoms with E-state index in [1.165, 1.54) is 38.2 Å². The summed E-state index contributed by atoms with van der Waals surface area (Å²) in [5, 5.41) is 3.71. The highest BCUT2D eigenvalue weighted by Crippen LogP contribution is 2.22. The van der Waals surface area contributed by atoms with Gasteiger partial charge in [0.15, 0.2) is 0 Å². The topological polar surface area (TPSA) is 18.5 Å². The Morgan fingerprint density at radius 1 is 1.14 bits per heavy atom. The first-order valence-electron chi connectivity index (χ1n) is 8.42. The van der Waals surface area contributed by atoms with Crippen LogP contribution in [0, 0.1) is 5.92 Å². The molecule has 116 valence electrons. The van der Waals surface area contributed by atoms with Crippen LogP contribution in [-0.2, 0) is 6.42 Å². The van der Waals surface area contributed by atoms with E-state index in [4.69, 9.17) is 0 Å². The van der Waals surface area contributed by atoms with Gasteiger partial charge in [0, 0.05) is 38.3 Å². The molecule has 1 N–H and O–H groups in total. The molecule has 0 bridgehead atoms. The number of likely N-dealkylation sites (tertiary alicyclic amines) is 1. The van der Waals surface area contributed by atoms with Crippen LogP contribution in [0.5, 0.6) is 0 Å². The van der Waals surface area contributed by atoms with Crippen LogP contribution < -0.4 is 5.32 Å². The lowest BCUT2D eigenvalue weighted by Crippen LogP contribution is -2.58. The molecular weight excluding hydrogens is 258 g/mol. The Hall–Kier alpha value is -0.900. The minimum Gasteiger partial charge on any atom is -0.311 e. The molecule has 2 aliphatic rings. The van der Waals surface area contributed by atoms with Gasteiger partial charge in [0.25, 0.3) is 0 Å². The third kappa shape index (κ3) is 3.85. The van der Waals surface area contributed by atoms with Crippen molar-refractivity contribution < 1.29 is 0 Å². The molecule has 0 aliphatic carbocycles. The maximum absolute atomic E-state index is 3.71. The highest BCUT2D eigenvalue weighted by molar-refractivity contribution is 5.16. The Labute approximate surface area is 129 Å². The van der Waals surface area contributed by atoms with E-state index in [0.29, 0.717) is 6.04 Å².